The zero-order chi connectivity index (χ0) is 14.3. The molecule has 0 saturated heterocycles. The number of amides is 1. The average molecular weight is 264 g/mol. The fourth-order valence-corrected chi connectivity index (χ4v) is 1.28. The first kappa shape index (κ1) is 14.9. The van der Waals surface area contributed by atoms with Crippen LogP contribution in [0.3, 0.4) is 0 Å². The number of carbonyl (C=O) groups is 1. The summed E-state index contributed by atoms with van der Waals surface area (Å²) in [5, 5.41) is 5.72. The number of guanidine groups is 1. The number of aliphatic imine (C=N–C) groups is 1. The minimum absolute atomic E-state index is 0.129. The summed E-state index contributed by atoms with van der Waals surface area (Å²) >= 11 is 0. The third-order valence-electron chi connectivity index (χ3n) is 1.98. The Bertz CT molecular complexity index is 437. The molecular weight excluding hydrogens is 244 g/mol. The van der Waals surface area contributed by atoms with Crippen molar-refractivity contribution in [2.75, 3.05) is 13.1 Å². The first-order valence-electron chi connectivity index (χ1n) is 6.01. The number of carbonyl (C=O) groups excluding carboxylic acids is 1. The van der Waals surface area contributed by atoms with Crippen LogP contribution >= 0.6 is 0 Å². The molecular formula is C12H20N6O. The smallest absolute Gasteiger partial charge is 0.271 e. The van der Waals surface area contributed by atoms with Crippen LogP contribution in [0, 0.1) is 0 Å². The maximum Gasteiger partial charge on any atom is 0.271 e. The molecule has 0 aliphatic carbocycles. The molecule has 0 unspecified atom stereocenters. The van der Waals surface area contributed by atoms with Gasteiger partial charge in [0.25, 0.3) is 5.91 Å². The highest BCUT2D eigenvalue weighted by atomic mass is 16.1. The van der Waals surface area contributed by atoms with Crippen LogP contribution in [0.4, 0.5) is 0 Å². The molecule has 0 aliphatic rings. The number of hydrogen-bond acceptors (Lipinski definition) is 4. The van der Waals surface area contributed by atoms with Gasteiger partial charge in [0.05, 0.1) is 12.7 Å². The molecule has 0 fully saturated rings. The molecule has 7 nitrogen and oxygen atoms in total. The van der Waals surface area contributed by atoms with E-state index < -0.39 is 0 Å². The second-order valence-corrected chi connectivity index (χ2v) is 4.99. The lowest BCUT2D eigenvalue weighted by molar-refractivity contribution is 0.0949. The fraction of sp³-hybridized carbons (Fsp3) is 0.500. The molecule has 0 saturated carbocycles. The molecule has 1 rings (SSSR count). The van der Waals surface area contributed by atoms with Crippen LogP contribution in [0.25, 0.3) is 0 Å². The number of hydrogen-bond donors (Lipinski definition) is 3. The van der Waals surface area contributed by atoms with E-state index in [2.05, 4.69) is 25.6 Å². The predicted molar refractivity (Wildman–Crippen MR) is 73.7 cm³/mol. The van der Waals surface area contributed by atoms with Crippen LogP contribution in [0.15, 0.2) is 23.6 Å². The first-order chi connectivity index (χ1) is 8.88. The third-order valence-corrected chi connectivity index (χ3v) is 1.98. The van der Waals surface area contributed by atoms with E-state index in [4.69, 9.17) is 5.73 Å². The molecule has 19 heavy (non-hydrogen) atoms. The number of rotatable bonds is 4. The SMILES string of the molecule is CC(C)(C)NC(N)=NCCNC(=O)c1cnccn1. The van der Waals surface area contributed by atoms with Gasteiger partial charge >= 0.3 is 0 Å². The maximum atomic E-state index is 11.6. The van der Waals surface area contributed by atoms with Crippen molar-refractivity contribution < 1.29 is 4.79 Å². The number of nitrogens with two attached hydrogens (primary N) is 1. The Morgan fingerprint density at radius 2 is 2.16 bits per heavy atom. The molecule has 1 heterocycles. The van der Waals surface area contributed by atoms with Crippen molar-refractivity contribution in [1.29, 1.82) is 0 Å². The average Bonchev–Trinajstić information content (AvgIpc) is 2.33. The van der Waals surface area contributed by atoms with E-state index in [1.165, 1.54) is 18.6 Å². The van der Waals surface area contributed by atoms with Gasteiger partial charge < -0.3 is 16.4 Å². The summed E-state index contributed by atoms with van der Waals surface area (Å²) in [5.41, 5.74) is 5.85. The zero-order valence-electron chi connectivity index (χ0n) is 11.5. The van der Waals surface area contributed by atoms with E-state index >= 15 is 0 Å². The molecule has 0 radical (unpaired) electrons. The van der Waals surface area contributed by atoms with Crippen molar-refractivity contribution >= 4 is 11.9 Å². The highest BCUT2D eigenvalue weighted by Gasteiger charge is 2.09. The van der Waals surface area contributed by atoms with Crippen molar-refractivity contribution in [3.05, 3.63) is 24.3 Å². The van der Waals surface area contributed by atoms with Crippen molar-refractivity contribution in [3.63, 3.8) is 0 Å². The second kappa shape index (κ2) is 6.67. The Morgan fingerprint density at radius 3 is 2.74 bits per heavy atom. The summed E-state index contributed by atoms with van der Waals surface area (Å²) in [7, 11) is 0. The second-order valence-electron chi connectivity index (χ2n) is 4.99. The van der Waals surface area contributed by atoms with Crippen LogP contribution in [-0.4, -0.2) is 40.5 Å². The lowest BCUT2D eigenvalue weighted by Crippen LogP contribution is -2.45. The standard InChI is InChI=1S/C12H20N6O/c1-12(2,3)18-11(13)17-7-6-16-10(19)9-8-14-4-5-15-9/h4-5,8H,6-7H2,1-3H3,(H,16,19)(H3,13,17,18). The largest absolute Gasteiger partial charge is 0.370 e. The summed E-state index contributed by atoms with van der Waals surface area (Å²) in [6.07, 6.45) is 4.40. The molecule has 1 amide bonds. The van der Waals surface area contributed by atoms with Crippen LogP contribution in [-0.2, 0) is 0 Å². The molecule has 0 atom stereocenters. The molecule has 0 aromatic carbocycles. The monoisotopic (exact) mass is 264 g/mol. The molecule has 1 aromatic rings. The number of nitrogens with one attached hydrogen (secondary N) is 2. The molecule has 0 bridgehead atoms. The number of aromatic nitrogens is 2. The van der Waals surface area contributed by atoms with E-state index in [-0.39, 0.29) is 17.1 Å². The van der Waals surface area contributed by atoms with Crippen LogP contribution in [0.1, 0.15) is 31.3 Å². The highest BCUT2D eigenvalue weighted by molar-refractivity contribution is 5.91. The Kier molecular flexibility index (Phi) is 5.23. The maximum absolute atomic E-state index is 11.6. The van der Waals surface area contributed by atoms with Crippen molar-refractivity contribution in [3.8, 4) is 0 Å². The molecule has 104 valence electrons. The zero-order valence-corrected chi connectivity index (χ0v) is 11.5. The number of nitrogens with zero attached hydrogens (tertiary/aromatic N) is 3. The summed E-state index contributed by atoms with van der Waals surface area (Å²) in [4.78, 5) is 23.4. The topological polar surface area (TPSA) is 105 Å². The van der Waals surface area contributed by atoms with Crippen molar-refractivity contribution in [1.82, 2.24) is 20.6 Å². The van der Waals surface area contributed by atoms with Crippen LogP contribution in [0.5, 0.6) is 0 Å². The van der Waals surface area contributed by atoms with Crippen LogP contribution in [0.2, 0.25) is 0 Å². The minimum atomic E-state index is -0.273. The van der Waals surface area contributed by atoms with E-state index in [0.29, 0.717) is 19.0 Å². The summed E-state index contributed by atoms with van der Waals surface area (Å²) in [6.45, 7) is 6.77. The molecule has 0 aliphatic heterocycles. The lowest BCUT2D eigenvalue weighted by atomic mass is 10.1. The van der Waals surface area contributed by atoms with Gasteiger partial charge in [-0.15, -0.1) is 0 Å². The normalized spacial score (nSPS) is 12.1. The summed E-state index contributed by atoms with van der Waals surface area (Å²) in [5.74, 6) is 0.0897. The Labute approximate surface area is 112 Å². The Morgan fingerprint density at radius 1 is 1.42 bits per heavy atom. The van der Waals surface area contributed by atoms with E-state index in [1.54, 1.807) is 0 Å². The summed E-state index contributed by atoms with van der Waals surface area (Å²) < 4.78 is 0. The van der Waals surface area contributed by atoms with Gasteiger partial charge in [0.1, 0.15) is 5.69 Å². The van der Waals surface area contributed by atoms with Crippen LogP contribution < -0.4 is 16.4 Å². The van der Waals surface area contributed by atoms with E-state index in [9.17, 15) is 4.79 Å². The first-order valence-corrected chi connectivity index (χ1v) is 6.01. The molecule has 1 aromatic heterocycles. The van der Waals surface area contributed by atoms with E-state index in [1.807, 2.05) is 20.8 Å². The van der Waals surface area contributed by atoms with Crippen molar-refractivity contribution in [2.24, 2.45) is 10.7 Å². The van der Waals surface area contributed by atoms with Gasteiger partial charge in [0, 0.05) is 24.5 Å². The van der Waals surface area contributed by atoms with Gasteiger partial charge in [-0.3, -0.25) is 14.8 Å². The Balaban J connectivity index is 2.31. The Hall–Kier alpha value is -2.18. The lowest BCUT2D eigenvalue weighted by Gasteiger charge is -2.20. The minimum Gasteiger partial charge on any atom is -0.370 e. The van der Waals surface area contributed by atoms with Gasteiger partial charge in [0.15, 0.2) is 5.96 Å². The van der Waals surface area contributed by atoms with Gasteiger partial charge in [-0.25, -0.2) is 4.98 Å². The van der Waals surface area contributed by atoms with E-state index in [0.717, 1.165) is 0 Å². The van der Waals surface area contributed by atoms with Gasteiger partial charge in [-0.05, 0) is 20.8 Å². The third kappa shape index (κ3) is 6.35. The van der Waals surface area contributed by atoms with Gasteiger partial charge in [0.2, 0.25) is 0 Å². The molecule has 0 spiro atoms. The molecule has 7 heteroatoms. The van der Waals surface area contributed by atoms with Crippen molar-refractivity contribution in [2.45, 2.75) is 26.3 Å². The molecule has 4 N–H and O–H groups in total. The highest BCUT2D eigenvalue weighted by Crippen LogP contribution is 1.96. The summed E-state index contributed by atoms with van der Waals surface area (Å²) in [6, 6.07) is 0. The van der Waals surface area contributed by atoms with Gasteiger partial charge in [-0.1, -0.05) is 0 Å². The van der Waals surface area contributed by atoms with Gasteiger partial charge in [-0.2, -0.15) is 0 Å². The quantitative estimate of drug-likeness (QED) is 0.400. The predicted octanol–water partition coefficient (Wildman–Crippen LogP) is -0.0908. The fourth-order valence-electron chi connectivity index (χ4n) is 1.28.